The van der Waals surface area contributed by atoms with Crippen molar-refractivity contribution in [3.63, 3.8) is 0 Å². The Hall–Kier alpha value is -2.63. The first-order valence-corrected chi connectivity index (χ1v) is 12.5. The first kappa shape index (κ1) is 22.6. The van der Waals surface area contributed by atoms with Crippen LogP contribution in [0.15, 0.2) is 34.7 Å². The molecule has 0 amide bonds. The molecule has 2 N–H and O–H groups in total. The molecule has 1 fully saturated rings. The van der Waals surface area contributed by atoms with Gasteiger partial charge in [-0.05, 0) is 51.1 Å². The largest absolute Gasteiger partial charge is 0.491 e. The normalized spacial score (nSPS) is 20.4. The summed E-state index contributed by atoms with van der Waals surface area (Å²) in [6.45, 7) is 5.62. The number of hydrogen-bond donors (Lipinski definition) is 2. The number of sulfonamides is 1. The Morgan fingerprint density at radius 2 is 1.94 bits per heavy atom. The molecule has 1 saturated heterocycles. The number of halogens is 1. The van der Waals surface area contributed by atoms with Gasteiger partial charge in [-0.2, -0.15) is 0 Å². The van der Waals surface area contributed by atoms with Crippen LogP contribution in [0.3, 0.4) is 0 Å². The number of thiophene rings is 1. The van der Waals surface area contributed by atoms with Gasteiger partial charge in [-0.15, -0.1) is 21.5 Å². The molecule has 1 aliphatic heterocycles. The summed E-state index contributed by atoms with van der Waals surface area (Å²) in [5, 5.41) is 19.6. The smallest absolute Gasteiger partial charge is 0.258 e. The Labute approximate surface area is 194 Å². The monoisotopic (exact) mass is 495 g/mol. The zero-order valence-electron chi connectivity index (χ0n) is 17.8. The number of rotatable bonds is 5. The second kappa shape index (κ2) is 8.05. The SMILES string of the molecule is CC(C)Oc1ccc(-c2nnc(-c3cc(Cl)c([C@]4(C)CS(=O)(=O)N(C)C(=N)N4)s3)o2)cc1. The number of nitrogens with one attached hydrogen (secondary N) is 2. The van der Waals surface area contributed by atoms with Crippen LogP contribution in [0.4, 0.5) is 0 Å². The highest BCUT2D eigenvalue weighted by Crippen LogP contribution is 2.42. The van der Waals surface area contributed by atoms with Gasteiger partial charge in [0.05, 0.1) is 32.2 Å². The summed E-state index contributed by atoms with van der Waals surface area (Å²) in [6.07, 6.45) is 0.0771. The van der Waals surface area contributed by atoms with Gasteiger partial charge in [0.25, 0.3) is 5.89 Å². The molecule has 0 radical (unpaired) electrons. The maximum absolute atomic E-state index is 12.5. The molecule has 0 spiro atoms. The van der Waals surface area contributed by atoms with E-state index in [1.807, 2.05) is 38.1 Å². The third-order valence-corrected chi connectivity index (χ3v) is 8.65. The summed E-state index contributed by atoms with van der Waals surface area (Å²) < 4.78 is 37.3. The second-order valence-corrected chi connectivity index (χ2v) is 11.4. The number of benzene rings is 1. The van der Waals surface area contributed by atoms with E-state index >= 15 is 0 Å². The lowest BCUT2D eigenvalue weighted by Crippen LogP contribution is -2.60. The Morgan fingerprint density at radius 3 is 2.56 bits per heavy atom. The second-order valence-electron chi connectivity index (χ2n) is 7.92. The lowest BCUT2D eigenvalue weighted by Gasteiger charge is -2.39. The van der Waals surface area contributed by atoms with Gasteiger partial charge in [-0.1, -0.05) is 11.6 Å². The topological polar surface area (TPSA) is 121 Å². The zero-order valence-corrected chi connectivity index (χ0v) is 20.2. The van der Waals surface area contributed by atoms with Gasteiger partial charge in [-0.3, -0.25) is 5.41 Å². The minimum Gasteiger partial charge on any atom is -0.491 e. The van der Waals surface area contributed by atoms with Crippen LogP contribution in [-0.4, -0.2) is 47.8 Å². The quantitative estimate of drug-likeness (QED) is 0.550. The van der Waals surface area contributed by atoms with Crippen molar-refractivity contribution in [3.05, 3.63) is 40.2 Å². The van der Waals surface area contributed by atoms with E-state index in [1.165, 1.54) is 18.4 Å². The van der Waals surface area contributed by atoms with Gasteiger partial charge < -0.3 is 14.5 Å². The van der Waals surface area contributed by atoms with Gasteiger partial charge in [0.2, 0.25) is 21.9 Å². The predicted molar refractivity (Wildman–Crippen MR) is 124 cm³/mol. The average molecular weight is 496 g/mol. The molecule has 3 aromatic rings. The highest BCUT2D eigenvalue weighted by Gasteiger charge is 2.44. The highest BCUT2D eigenvalue weighted by atomic mass is 35.5. The molecule has 12 heteroatoms. The van der Waals surface area contributed by atoms with E-state index in [2.05, 4.69) is 15.5 Å². The molecule has 170 valence electrons. The zero-order chi connectivity index (χ0) is 23.3. The van der Waals surface area contributed by atoms with Crippen LogP contribution in [0.2, 0.25) is 5.02 Å². The summed E-state index contributed by atoms with van der Waals surface area (Å²) in [4.78, 5) is 1.18. The first-order chi connectivity index (χ1) is 15.0. The van der Waals surface area contributed by atoms with E-state index < -0.39 is 15.6 Å². The van der Waals surface area contributed by atoms with Crippen molar-refractivity contribution in [1.29, 1.82) is 5.41 Å². The van der Waals surface area contributed by atoms with Crippen molar-refractivity contribution >= 4 is 38.9 Å². The van der Waals surface area contributed by atoms with Crippen LogP contribution >= 0.6 is 22.9 Å². The molecule has 1 atom stereocenters. The van der Waals surface area contributed by atoms with Gasteiger partial charge in [0.1, 0.15) is 5.75 Å². The standard InChI is InChI=1S/C20H22ClN5O4S2/c1-11(2)29-13-7-5-12(6-8-13)17-24-25-18(30-17)15-9-14(21)16(31-15)20(3)10-32(27,28)26(4)19(22)23-20/h5-9,11H,10H2,1-4H3,(H2,22,23)/t20-/m0/s1. The summed E-state index contributed by atoms with van der Waals surface area (Å²) in [5.41, 5.74) is -0.316. The van der Waals surface area contributed by atoms with E-state index in [1.54, 1.807) is 13.0 Å². The van der Waals surface area contributed by atoms with Crippen molar-refractivity contribution in [2.45, 2.75) is 32.4 Å². The minimum atomic E-state index is -3.65. The molecule has 2 aromatic heterocycles. The maximum atomic E-state index is 12.5. The van der Waals surface area contributed by atoms with Crippen molar-refractivity contribution in [2.75, 3.05) is 12.8 Å². The predicted octanol–water partition coefficient (Wildman–Crippen LogP) is 3.92. The molecular formula is C20H22ClN5O4S2. The summed E-state index contributed by atoms with van der Waals surface area (Å²) in [7, 11) is -2.31. The van der Waals surface area contributed by atoms with E-state index in [0.29, 0.717) is 20.7 Å². The van der Waals surface area contributed by atoms with Crippen molar-refractivity contribution < 1.29 is 17.6 Å². The fourth-order valence-electron chi connectivity index (χ4n) is 3.34. The number of ether oxygens (including phenoxy) is 1. The van der Waals surface area contributed by atoms with Crippen LogP contribution in [0, 0.1) is 5.41 Å². The Balaban J connectivity index is 1.61. The Kier molecular flexibility index (Phi) is 5.68. The molecular weight excluding hydrogens is 474 g/mol. The number of guanidine groups is 1. The average Bonchev–Trinajstić information content (AvgIpc) is 3.33. The van der Waals surface area contributed by atoms with Gasteiger partial charge in [-0.25, -0.2) is 12.7 Å². The van der Waals surface area contributed by atoms with Crippen LogP contribution in [0.25, 0.3) is 22.2 Å². The molecule has 4 rings (SSSR count). The Bertz CT molecular complexity index is 1270. The van der Waals surface area contributed by atoms with Crippen LogP contribution in [0.5, 0.6) is 5.75 Å². The van der Waals surface area contributed by atoms with Gasteiger partial charge in [0.15, 0.2) is 0 Å². The van der Waals surface area contributed by atoms with Crippen LogP contribution in [-0.2, 0) is 15.6 Å². The lowest BCUT2D eigenvalue weighted by molar-refractivity contribution is 0.242. The van der Waals surface area contributed by atoms with Crippen molar-refractivity contribution in [1.82, 2.24) is 19.8 Å². The molecule has 1 aliphatic rings. The fraction of sp³-hybridized carbons (Fsp3) is 0.350. The Morgan fingerprint density at radius 1 is 1.28 bits per heavy atom. The number of aromatic nitrogens is 2. The van der Waals surface area contributed by atoms with E-state index in [9.17, 15) is 8.42 Å². The highest BCUT2D eigenvalue weighted by molar-refractivity contribution is 7.89. The number of hydrogen-bond acceptors (Lipinski definition) is 8. The summed E-state index contributed by atoms with van der Waals surface area (Å²) in [5.74, 6) is 0.913. The third-order valence-electron chi connectivity index (χ3n) is 4.89. The van der Waals surface area contributed by atoms with E-state index in [-0.39, 0.29) is 23.7 Å². The van der Waals surface area contributed by atoms with E-state index in [0.717, 1.165) is 15.6 Å². The first-order valence-electron chi connectivity index (χ1n) is 9.72. The molecule has 0 aliphatic carbocycles. The van der Waals surface area contributed by atoms with Crippen LogP contribution < -0.4 is 10.1 Å². The minimum absolute atomic E-state index is 0.0771. The maximum Gasteiger partial charge on any atom is 0.258 e. The molecule has 3 heterocycles. The molecule has 0 unspecified atom stereocenters. The van der Waals surface area contributed by atoms with Crippen molar-refractivity contribution in [3.8, 4) is 28.0 Å². The van der Waals surface area contributed by atoms with Crippen molar-refractivity contribution in [2.24, 2.45) is 0 Å². The molecule has 1 aromatic carbocycles. The van der Waals surface area contributed by atoms with Gasteiger partial charge >= 0.3 is 0 Å². The van der Waals surface area contributed by atoms with Gasteiger partial charge in [0, 0.05) is 12.6 Å². The molecule has 0 bridgehead atoms. The van der Waals surface area contributed by atoms with E-state index in [4.69, 9.17) is 26.2 Å². The fourth-order valence-corrected chi connectivity index (χ4v) is 6.46. The summed E-state index contributed by atoms with van der Waals surface area (Å²) in [6, 6.07) is 9.01. The lowest BCUT2D eigenvalue weighted by atomic mass is 10.0. The molecule has 32 heavy (non-hydrogen) atoms. The summed E-state index contributed by atoms with van der Waals surface area (Å²) >= 11 is 7.71. The molecule has 9 nitrogen and oxygen atoms in total. The molecule has 0 saturated carbocycles. The van der Waals surface area contributed by atoms with Crippen LogP contribution in [0.1, 0.15) is 25.6 Å². The third kappa shape index (κ3) is 4.19. The number of nitrogens with zero attached hydrogens (tertiary/aromatic N) is 3.